The van der Waals surface area contributed by atoms with Crippen LogP contribution in [0.5, 0.6) is 0 Å². The highest BCUT2D eigenvalue weighted by Crippen LogP contribution is 2.31. The quantitative estimate of drug-likeness (QED) is 0.415. The van der Waals surface area contributed by atoms with Crippen molar-refractivity contribution in [3.8, 4) is 0 Å². The van der Waals surface area contributed by atoms with Crippen LogP contribution in [0.3, 0.4) is 0 Å². The Kier molecular flexibility index (Phi) is 11.3. The van der Waals surface area contributed by atoms with Crippen LogP contribution in [0.1, 0.15) is 85.5 Å². The highest BCUT2D eigenvalue weighted by Gasteiger charge is 2.36. The molecule has 0 spiro atoms. The minimum absolute atomic E-state index is 0.0225. The number of sulfonamides is 1. The third-order valence-corrected chi connectivity index (χ3v) is 6.92. The molecule has 1 aliphatic carbocycles. The molecule has 2 atom stereocenters. The van der Waals surface area contributed by atoms with Crippen molar-refractivity contribution in [1.82, 2.24) is 9.84 Å². The highest BCUT2D eigenvalue weighted by molar-refractivity contribution is 7.88. The molecule has 7 nitrogen and oxygen atoms in total. The summed E-state index contributed by atoms with van der Waals surface area (Å²) in [5, 5.41) is 9.87. The molecule has 0 aromatic carbocycles. The van der Waals surface area contributed by atoms with Crippen LogP contribution in [-0.2, 0) is 19.6 Å². The molecule has 0 unspecified atom stereocenters. The van der Waals surface area contributed by atoms with E-state index in [1.54, 1.807) is 0 Å². The molecule has 0 aliphatic heterocycles. The number of carbonyl (C=O) groups excluding carboxylic acids is 1. The molecule has 0 radical (unpaired) electrons. The smallest absolute Gasteiger partial charge is 0.307 e. The number of hydrogen-bond acceptors (Lipinski definition) is 4. The fourth-order valence-corrected chi connectivity index (χ4v) is 5.19. The maximum Gasteiger partial charge on any atom is 0.307 e. The predicted molar refractivity (Wildman–Crippen MR) is 119 cm³/mol. The molecule has 1 saturated carbocycles. The van der Waals surface area contributed by atoms with Crippen LogP contribution in [0.2, 0.25) is 0 Å². The lowest BCUT2D eigenvalue weighted by Gasteiger charge is -2.29. The predicted octanol–water partition coefficient (Wildman–Crippen LogP) is 4.05. The fraction of sp³-hybridized carbons (Fsp3) is 0.909. The number of rotatable bonds is 13. The monoisotopic (exact) mass is 446 g/mol. The van der Waals surface area contributed by atoms with Crippen LogP contribution in [0, 0.1) is 29.6 Å². The number of carboxylic acids is 1. The van der Waals surface area contributed by atoms with Gasteiger partial charge in [0.15, 0.2) is 0 Å². The first-order valence-electron chi connectivity index (χ1n) is 11.4. The molecule has 1 fully saturated rings. The number of nitrogens with zero attached hydrogens (tertiary/aromatic N) is 1. The summed E-state index contributed by atoms with van der Waals surface area (Å²) in [5.74, 6) is -2.25. The summed E-state index contributed by atoms with van der Waals surface area (Å²) in [6.07, 6.45) is 9.91. The number of carboxylic acid groups (broad SMARTS) is 1. The Morgan fingerprint density at radius 3 is 2.10 bits per heavy atom. The van der Waals surface area contributed by atoms with E-state index in [9.17, 15) is 23.1 Å². The van der Waals surface area contributed by atoms with E-state index in [0.717, 1.165) is 23.5 Å². The van der Waals surface area contributed by atoms with Crippen LogP contribution in [-0.4, -0.2) is 42.6 Å². The number of carbonyl (C=O) groups is 2. The van der Waals surface area contributed by atoms with Crippen LogP contribution in [0.15, 0.2) is 0 Å². The summed E-state index contributed by atoms with van der Waals surface area (Å²) in [6.45, 7) is 7.77. The lowest BCUT2D eigenvalue weighted by molar-refractivity contribution is -0.149. The zero-order valence-electron chi connectivity index (χ0n) is 19.4. The zero-order valence-corrected chi connectivity index (χ0v) is 20.2. The van der Waals surface area contributed by atoms with Gasteiger partial charge >= 0.3 is 5.97 Å². The van der Waals surface area contributed by atoms with E-state index in [0.29, 0.717) is 18.8 Å². The molecule has 8 heteroatoms. The molecule has 0 heterocycles. The SMILES string of the molecule is CC(C)C[C@@H](C(=O)NN(CC(C)C)S(C)(=O)=O)[C@H](CCCC1CCCCC1)C(=O)O. The van der Waals surface area contributed by atoms with E-state index in [1.807, 2.05) is 27.7 Å². The van der Waals surface area contributed by atoms with Gasteiger partial charge in [-0.15, -0.1) is 4.41 Å². The van der Waals surface area contributed by atoms with Gasteiger partial charge in [-0.25, -0.2) is 8.42 Å². The lowest BCUT2D eigenvalue weighted by atomic mass is 9.80. The van der Waals surface area contributed by atoms with Crippen molar-refractivity contribution in [3.05, 3.63) is 0 Å². The van der Waals surface area contributed by atoms with Gasteiger partial charge < -0.3 is 5.11 Å². The van der Waals surface area contributed by atoms with E-state index < -0.39 is 33.7 Å². The molecule has 0 bridgehead atoms. The molecule has 1 aliphatic rings. The first kappa shape index (κ1) is 26.9. The molecule has 1 amide bonds. The minimum atomic E-state index is -3.64. The third kappa shape index (κ3) is 9.77. The molecule has 0 aromatic rings. The van der Waals surface area contributed by atoms with Gasteiger partial charge in [-0.3, -0.25) is 15.0 Å². The van der Waals surface area contributed by atoms with Gasteiger partial charge in [0.25, 0.3) is 0 Å². The summed E-state index contributed by atoms with van der Waals surface area (Å²) in [5.41, 5.74) is 2.51. The first-order chi connectivity index (χ1) is 13.9. The number of amides is 1. The normalized spacial score (nSPS) is 18.0. The molecule has 2 N–H and O–H groups in total. The van der Waals surface area contributed by atoms with E-state index in [1.165, 1.54) is 32.1 Å². The second-order valence-corrected chi connectivity index (χ2v) is 11.7. The highest BCUT2D eigenvalue weighted by atomic mass is 32.2. The minimum Gasteiger partial charge on any atom is -0.481 e. The molecule has 1 rings (SSSR count). The Balaban J connectivity index is 2.89. The molecule has 0 aromatic heterocycles. The van der Waals surface area contributed by atoms with E-state index in [2.05, 4.69) is 5.43 Å². The summed E-state index contributed by atoms with van der Waals surface area (Å²) < 4.78 is 25.1. The molecule has 0 saturated heterocycles. The number of hydrazine groups is 1. The standard InChI is InChI=1S/C22H42N2O5S/c1-16(2)14-20(21(25)23-24(15-17(3)4)30(5,28)29)19(22(26)27)13-9-12-18-10-7-6-8-11-18/h16-20H,6-15H2,1-5H3,(H,23,25)(H,26,27)/t19-,20+/m0/s1. The van der Waals surface area contributed by atoms with Crippen molar-refractivity contribution in [1.29, 1.82) is 0 Å². The largest absolute Gasteiger partial charge is 0.481 e. The maximum atomic E-state index is 13.0. The fourth-order valence-electron chi connectivity index (χ4n) is 4.36. The van der Waals surface area contributed by atoms with Crippen molar-refractivity contribution in [3.63, 3.8) is 0 Å². The van der Waals surface area contributed by atoms with E-state index in [4.69, 9.17) is 0 Å². The van der Waals surface area contributed by atoms with Gasteiger partial charge in [-0.05, 0) is 30.6 Å². The first-order valence-corrected chi connectivity index (χ1v) is 13.3. The second kappa shape index (κ2) is 12.6. The Hall–Kier alpha value is -1.15. The maximum absolute atomic E-state index is 13.0. The Morgan fingerprint density at radius 1 is 1.03 bits per heavy atom. The zero-order chi connectivity index (χ0) is 22.9. The van der Waals surface area contributed by atoms with Crippen molar-refractivity contribution < 1.29 is 23.1 Å². The van der Waals surface area contributed by atoms with Crippen LogP contribution in [0.4, 0.5) is 0 Å². The summed E-state index contributed by atoms with van der Waals surface area (Å²) >= 11 is 0. The Morgan fingerprint density at radius 2 is 1.63 bits per heavy atom. The molecular formula is C22H42N2O5S. The summed E-state index contributed by atoms with van der Waals surface area (Å²) in [7, 11) is -3.64. The average molecular weight is 447 g/mol. The lowest BCUT2D eigenvalue weighted by Crippen LogP contribution is -2.51. The average Bonchev–Trinajstić information content (AvgIpc) is 2.62. The van der Waals surface area contributed by atoms with Gasteiger partial charge in [-0.2, -0.15) is 0 Å². The van der Waals surface area contributed by atoms with Crippen molar-refractivity contribution in [2.24, 2.45) is 29.6 Å². The topological polar surface area (TPSA) is 104 Å². The number of aliphatic carboxylic acids is 1. The molecular weight excluding hydrogens is 404 g/mol. The van der Waals surface area contributed by atoms with Gasteiger partial charge in [0, 0.05) is 6.54 Å². The Bertz CT molecular complexity index is 642. The van der Waals surface area contributed by atoms with Crippen molar-refractivity contribution in [2.75, 3.05) is 12.8 Å². The van der Waals surface area contributed by atoms with Crippen LogP contribution in [0.25, 0.3) is 0 Å². The van der Waals surface area contributed by atoms with Crippen LogP contribution >= 0.6 is 0 Å². The van der Waals surface area contributed by atoms with E-state index in [-0.39, 0.29) is 18.4 Å². The van der Waals surface area contributed by atoms with E-state index >= 15 is 0 Å². The molecule has 176 valence electrons. The summed E-state index contributed by atoms with van der Waals surface area (Å²) in [6, 6.07) is 0. The van der Waals surface area contributed by atoms with Gasteiger partial charge in [0.2, 0.25) is 15.9 Å². The summed E-state index contributed by atoms with van der Waals surface area (Å²) in [4.78, 5) is 25.1. The second-order valence-electron chi connectivity index (χ2n) is 9.78. The van der Waals surface area contributed by atoms with Gasteiger partial charge in [0.1, 0.15) is 0 Å². The number of nitrogens with one attached hydrogen (secondary N) is 1. The van der Waals surface area contributed by atoms with Gasteiger partial charge in [0.05, 0.1) is 18.1 Å². The van der Waals surface area contributed by atoms with Crippen molar-refractivity contribution >= 4 is 21.9 Å². The third-order valence-electron chi connectivity index (χ3n) is 5.88. The Labute approximate surface area is 183 Å². The van der Waals surface area contributed by atoms with Crippen molar-refractivity contribution in [2.45, 2.75) is 85.5 Å². The number of hydrogen-bond donors (Lipinski definition) is 2. The van der Waals surface area contributed by atoms with Gasteiger partial charge in [-0.1, -0.05) is 72.6 Å². The molecule has 30 heavy (non-hydrogen) atoms. The van der Waals surface area contributed by atoms with Crippen LogP contribution < -0.4 is 5.43 Å².